The smallest absolute Gasteiger partial charge is 0.254 e. The van der Waals surface area contributed by atoms with E-state index in [2.05, 4.69) is 39.1 Å². The number of nitrogens with zero attached hydrogens (tertiary/aromatic N) is 2. The van der Waals surface area contributed by atoms with E-state index in [1.165, 1.54) is 6.21 Å². The van der Waals surface area contributed by atoms with E-state index in [1.54, 1.807) is 12.1 Å². The Balaban J connectivity index is 1.60. The van der Waals surface area contributed by atoms with E-state index in [0.717, 1.165) is 22.3 Å². The van der Waals surface area contributed by atoms with Gasteiger partial charge in [0.25, 0.3) is 11.8 Å². The van der Waals surface area contributed by atoms with Crippen molar-refractivity contribution in [3.63, 3.8) is 0 Å². The molecule has 0 N–H and O–H groups in total. The second-order valence-electron chi connectivity index (χ2n) is 6.75. The third kappa shape index (κ3) is 2.77. The second kappa shape index (κ2) is 6.73. The Kier molecular flexibility index (Phi) is 4.41. The van der Waals surface area contributed by atoms with E-state index in [9.17, 15) is 9.59 Å². The number of carbonyl (C=O) groups is 2. The normalized spacial score (nSPS) is 29.3. The number of halogens is 1. The molecular weight excluding hydrogens is 396 g/mol. The summed E-state index contributed by atoms with van der Waals surface area (Å²) in [5.74, 6) is 2.36. The Hall–Kier alpha value is -2.39. The predicted octanol–water partition coefficient (Wildman–Crippen LogP) is 2.99. The SMILES string of the molecule is C#CCOc1ccc(Br)cc1/C=N\N1C(=O)[C@@H]2[C@H](C1=O)[C@H]1C=C[C@H]2CC1. The molecule has 4 aliphatic rings. The van der Waals surface area contributed by atoms with Gasteiger partial charge in [-0.2, -0.15) is 10.1 Å². The van der Waals surface area contributed by atoms with Crippen LogP contribution < -0.4 is 4.74 Å². The van der Waals surface area contributed by atoms with E-state index in [0.29, 0.717) is 11.3 Å². The number of benzene rings is 1. The van der Waals surface area contributed by atoms with Crippen LogP contribution in [0.5, 0.6) is 5.75 Å². The number of hydrogen-bond acceptors (Lipinski definition) is 4. The van der Waals surface area contributed by atoms with Crippen molar-refractivity contribution in [2.24, 2.45) is 28.8 Å². The van der Waals surface area contributed by atoms with E-state index >= 15 is 0 Å². The zero-order valence-electron chi connectivity index (χ0n) is 14.0. The Morgan fingerprint density at radius 2 is 1.88 bits per heavy atom. The highest BCUT2D eigenvalue weighted by atomic mass is 79.9. The Morgan fingerprint density at radius 3 is 2.46 bits per heavy atom. The minimum absolute atomic E-state index is 0.128. The van der Waals surface area contributed by atoms with Gasteiger partial charge < -0.3 is 4.74 Å². The van der Waals surface area contributed by atoms with E-state index in [4.69, 9.17) is 11.2 Å². The molecule has 4 atom stereocenters. The van der Waals surface area contributed by atoms with Crippen molar-refractivity contribution < 1.29 is 14.3 Å². The van der Waals surface area contributed by atoms with Crippen LogP contribution in [0.15, 0.2) is 39.9 Å². The molecule has 1 aliphatic heterocycles. The number of terminal acetylenes is 1. The van der Waals surface area contributed by atoms with Crippen LogP contribution >= 0.6 is 15.9 Å². The number of imide groups is 1. The molecule has 3 aliphatic carbocycles. The van der Waals surface area contributed by atoms with Crippen LogP contribution in [-0.4, -0.2) is 29.6 Å². The zero-order chi connectivity index (χ0) is 18.3. The number of fused-ring (bicyclic) bond motifs is 1. The predicted molar refractivity (Wildman–Crippen MR) is 100 cm³/mol. The molecule has 1 aromatic rings. The first-order valence-electron chi connectivity index (χ1n) is 8.56. The van der Waals surface area contributed by atoms with Crippen LogP contribution in [0, 0.1) is 36.0 Å². The van der Waals surface area contributed by atoms with Crippen LogP contribution in [0.1, 0.15) is 18.4 Å². The van der Waals surface area contributed by atoms with Gasteiger partial charge in [0.05, 0.1) is 18.1 Å². The first-order chi connectivity index (χ1) is 12.6. The first kappa shape index (κ1) is 17.0. The summed E-state index contributed by atoms with van der Waals surface area (Å²) in [6.07, 6.45) is 12.8. The van der Waals surface area contributed by atoms with Crippen molar-refractivity contribution in [1.82, 2.24) is 5.01 Å². The highest BCUT2D eigenvalue weighted by Crippen LogP contribution is 2.49. The average Bonchev–Trinajstić information content (AvgIpc) is 2.93. The lowest BCUT2D eigenvalue weighted by molar-refractivity contribution is -0.140. The number of carbonyl (C=O) groups excluding carboxylic acids is 2. The van der Waals surface area contributed by atoms with Gasteiger partial charge in [0.15, 0.2) is 0 Å². The quantitative estimate of drug-likeness (QED) is 0.330. The molecule has 26 heavy (non-hydrogen) atoms. The first-order valence-corrected chi connectivity index (χ1v) is 9.35. The zero-order valence-corrected chi connectivity index (χ0v) is 15.6. The maximum absolute atomic E-state index is 12.8. The van der Waals surface area contributed by atoms with Crippen molar-refractivity contribution >= 4 is 34.0 Å². The Bertz CT molecular complexity index is 838. The van der Waals surface area contributed by atoms with Crippen LogP contribution in [0.3, 0.4) is 0 Å². The van der Waals surface area contributed by atoms with Crippen LogP contribution in [-0.2, 0) is 9.59 Å². The van der Waals surface area contributed by atoms with Crippen LogP contribution in [0.25, 0.3) is 0 Å². The van der Waals surface area contributed by atoms with E-state index in [-0.39, 0.29) is 42.1 Å². The highest BCUT2D eigenvalue weighted by molar-refractivity contribution is 9.10. The molecule has 1 saturated heterocycles. The van der Waals surface area contributed by atoms with Gasteiger partial charge in [0.2, 0.25) is 0 Å². The Labute approximate surface area is 160 Å². The van der Waals surface area contributed by atoms with Gasteiger partial charge in [0.1, 0.15) is 12.4 Å². The van der Waals surface area contributed by atoms with Gasteiger partial charge in [-0.1, -0.05) is 34.0 Å². The summed E-state index contributed by atoms with van der Waals surface area (Å²) < 4.78 is 6.34. The molecular formula is C20H17BrN2O3. The number of rotatable bonds is 4. The topological polar surface area (TPSA) is 59.0 Å². The molecule has 1 heterocycles. The number of hydrazone groups is 1. The summed E-state index contributed by atoms with van der Waals surface area (Å²) in [5.41, 5.74) is 0.645. The van der Waals surface area contributed by atoms with E-state index < -0.39 is 0 Å². The summed E-state index contributed by atoms with van der Waals surface area (Å²) in [6, 6.07) is 5.40. The van der Waals surface area contributed by atoms with Crippen molar-refractivity contribution in [3.05, 3.63) is 40.4 Å². The molecule has 5 rings (SSSR count). The van der Waals surface area contributed by atoms with Crippen molar-refractivity contribution in [2.45, 2.75) is 12.8 Å². The lowest BCUT2D eigenvalue weighted by Gasteiger charge is -2.37. The minimum atomic E-state index is -0.261. The molecule has 6 heteroatoms. The molecule has 0 radical (unpaired) electrons. The molecule has 0 unspecified atom stereocenters. The summed E-state index contributed by atoms with van der Waals surface area (Å²) >= 11 is 3.40. The fourth-order valence-electron chi connectivity index (χ4n) is 4.16. The highest BCUT2D eigenvalue weighted by Gasteiger charge is 2.56. The summed E-state index contributed by atoms with van der Waals surface area (Å²) in [7, 11) is 0. The molecule has 5 nitrogen and oxygen atoms in total. The molecule has 2 amide bonds. The molecule has 0 aromatic heterocycles. The van der Waals surface area contributed by atoms with Crippen LogP contribution in [0.2, 0.25) is 0 Å². The minimum Gasteiger partial charge on any atom is -0.480 e. The molecule has 132 valence electrons. The van der Waals surface area contributed by atoms with E-state index in [1.807, 2.05) is 6.07 Å². The van der Waals surface area contributed by atoms with Gasteiger partial charge in [0, 0.05) is 10.0 Å². The standard InChI is InChI=1S/C20H17BrN2O3/c1-2-9-26-16-8-7-15(21)10-14(16)11-22-23-19(24)17-12-3-4-13(6-5-12)18(17)20(23)25/h1,3-4,7-8,10-13,17-18H,5-6,9H2/b22-11-/t12-,13-,17-,18+/m0/s1. The third-order valence-electron chi connectivity index (χ3n) is 5.33. The van der Waals surface area contributed by atoms with Gasteiger partial charge in [-0.25, -0.2) is 0 Å². The monoisotopic (exact) mass is 412 g/mol. The Morgan fingerprint density at radius 1 is 1.23 bits per heavy atom. The average molecular weight is 413 g/mol. The van der Waals surface area contributed by atoms with Gasteiger partial charge in [-0.15, -0.1) is 6.42 Å². The number of ether oxygens (including phenoxy) is 1. The van der Waals surface area contributed by atoms with Crippen LogP contribution in [0.4, 0.5) is 0 Å². The molecule has 2 fully saturated rings. The van der Waals surface area contributed by atoms with Crippen molar-refractivity contribution in [3.8, 4) is 18.1 Å². The fraction of sp³-hybridized carbons (Fsp3) is 0.350. The molecule has 1 aromatic carbocycles. The number of amides is 2. The largest absolute Gasteiger partial charge is 0.480 e. The fourth-order valence-corrected chi connectivity index (χ4v) is 4.54. The maximum Gasteiger partial charge on any atom is 0.254 e. The summed E-state index contributed by atoms with van der Waals surface area (Å²) in [4.78, 5) is 25.6. The van der Waals surface area contributed by atoms with Crippen molar-refractivity contribution in [2.75, 3.05) is 6.61 Å². The van der Waals surface area contributed by atoms with Gasteiger partial charge >= 0.3 is 0 Å². The lowest BCUT2D eigenvalue weighted by atomic mass is 9.63. The van der Waals surface area contributed by atoms with Gasteiger partial charge in [-0.05, 0) is 42.9 Å². The number of hydrogen-bond donors (Lipinski definition) is 0. The summed E-state index contributed by atoms with van der Waals surface area (Å²) in [6.45, 7) is 0.128. The second-order valence-corrected chi connectivity index (χ2v) is 7.66. The molecule has 0 spiro atoms. The lowest BCUT2D eigenvalue weighted by Crippen LogP contribution is -2.38. The molecule has 2 bridgehead atoms. The number of allylic oxidation sites excluding steroid dienone is 2. The molecule has 1 saturated carbocycles. The van der Waals surface area contributed by atoms with Crippen molar-refractivity contribution in [1.29, 1.82) is 0 Å². The summed E-state index contributed by atoms with van der Waals surface area (Å²) in [5, 5.41) is 5.26. The maximum atomic E-state index is 12.8. The third-order valence-corrected chi connectivity index (χ3v) is 5.82. The van der Waals surface area contributed by atoms with Gasteiger partial charge in [-0.3, -0.25) is 9.59 Å².